The summed E-state index contributed by atoms with van der Waals surface area (Å²) in [5, 5.41) is 3.55. The van der Waals surface area contributed by atoms with Crippen molar-refractivity contribution >= 4 is 0 Å². The van der Waals surface area contributed by atoms with Crippen molar-refractivity contribution in [2.24, 2.45) is 5.92 Å². The van der Waals surface area contributed by atoms with Gasteiger partial charge in [-0.1, -0.05) is 31.7 Å². The standard InChI is InChI=1S/C17H26FNO/c1-13(15-7-5-3-4-6-8-15)19-12-14-9-10-17(20-2)16(18)11-14/h9-11,13,15,19H,3-8,12H2,1-2H3/t13-/m1/s1. The smallest absolute Gasteiger partial charge is 0.165 e. The van der Waals surface area contributed by atoms with Crippen LogP contribution in [-0.4, -0.2) is 13.2 Å². The molecule has 1 aromatic carbocycles. The molecule has 1 atom stereocenters. The molecule has 0 aromatic heterocycles. The average Bonchev–Trinajstić information content (AvgIpc) is 2.74. The van der Waals surface area contributed by atoms with Crippen molar-refractivity contribution in [3.05, 3.63) is 29.6 Å². The Morgan fingerprint density at radius 3 is 2.55 bits per heavy atom. The lowest BCUT2D eigenvalue weighted by atomic mass is 9.93. The van der Waals surface area contributed by atoms with Gasteiger partial charge in [0, 0.05) is 12.6 Å². The predicted molar refractivity (Wildman–Crippen MR) is 80.4 cm³/mol. The molecule has 1 fully saturated rings. The zero-order chi connectivity index (χ0) is 14.4. The third kappa shape index (κ3) is 4.20. The largest absolute Gasteiger partial charge is 0.494 e. The Labute approximate surface area is 121 Å². The van der Waals surface area contributed by atoms with Gasteiger partial charge in [-0.3, -0.25) is 0 Å². The van der Waals surface area contributed by atoms with Gasteiger partial charge < -0.3 is 10.1 Å². The number of benzene rings is 1. The third-order valence-electron chi connectivity index (χ3n) is 4.45. The van der Waals surface area contributed by atoms with Gasteiger partial charge in [-0.25, -0.2) is 4.39 Å². The van der Waals surface area contributed by atoms with Crippen molar-refractivity contribution in [2.75, 3.05) is 7.11 Å². The summed E-state index contributed by atoms with van der Waals surface area (Å²) in [5.41, 5.74) is 0.976. The van der Waals surface area contributed by atoms with Gasteiger partial charge in [0.05, 0.1) is 7.11 Å². The molecule has 1 N–H and O–H groups in total. The lowest BCUT2D eigenvalue weighted by Gasteiger charge is -2.23. The van der Waals surface area contributed by atoms with Gasteiger partial charge >= 0.3 is 0 Å². The first-order valence-electron chi connectivity index (χ1n) is 7.76. The van der Waals surface area contributed by atoms with E-state index in [2.05, 4.69) is 12.2 Å². The highest BCUT2D eigenvalue weighted by Crippen LogP contribution is 2.25. The molecule has 0 amide bonds. The first-order chi connectivity index (χ1) is 9.70. The van der Waals surface area contributed by atoms with Gasteiger partial charge in [0.2, 0.25) is 0 Å². The lowest BCUT2D eigenvalue weighted by Crippen LogP contribution is -2.32. The Morgan fingerprint density at radius 2 is 1.95 bits per heavy atom. The molecule has 3 heteroatoms. The van der Waals surface area contributed by atoms with E-state index in [0.717, 1.165) is 18.0 Å². The summed E-state index contributed by atoms with van der Waals surface area (Å²) in [4.78, 5) is 0. The predicted octanol–water partition coefficient (Wildman–Crippen LogP) is 4.28. The second-order valence-corrected chi connectivity index (χ2v) is 5.89. The number of rotatable bonds is 5. The van der Waals surface area contributed by atoms with Crippen LogP contribution in [-0.2, 0) is 6.54 Å². The van der Waals surface area contributed by atoms with Crippen molar-refractivity contribution in [1.29, 1.82) is 0 Å². The number of hydrogen-bond donors (Lipinski definition) is 1. The maximum atomic E-state index is 13.6. The molecule has 2 rings (SSSR count). The fourth-order valence-electron chi connectivity index (χ4n) is 3.08. The summed E-state index contributed by atoms with van der Waals surface area (Å²) in [6.07, 6.45) is 8.12. The summed E-state index contributed by atoms with van der Waals surface area (Å²) in [6.45, 7) is 2.98. The van der Waals surface area contributed by atoms with Gasteiger partial charge in [-0.2, -0.15) is 0 Å². The van der Waals surface area contributed by atoms with E-state index >= 15 is 0 Å². The summed E-state index contributed by atoms with van der Waals surface area (Å²) >= 11 is 0. The first-order valence-corrected chi connectivity index (χ1v) is 7.76. The molecule has 0 heterocycles. The summed E-state index contributed by atoms with van der Waals surface area (Å²) < 4.78 is 18.6. The maximum Gasteiger partial charge on any atom is 0.165 e. The Morgan fingerprint density at radius 1 is 1.25 bits per heavy atom. The zero-order valence-electron chi connectivity index (χ0n) is 12.6. The molecule has 1 aromatic rings. The molecule has 1 aliphatic carbocycles. The van der Waals surface area contributed by atoms with E-state index in [1.54, 1.807) is 12.1 Å². The molecule has 0 aliphatic heterocycles. The Bertz CT molecular complexity index is 413. The van der Waals surface area contributed by atoms with Crippen LogP contribution in [0, 0.1) is 11.7 Å². The molecule has 0 saturated heterocycles. The molecule has 0 unspecified atom stereocenters. The lowest BCUT2D eigenvalue weighted by molar-refractivity contribution is 0.336. The number of methoxy groups -OCH3 is 1. The van der Waals surface area contributed by atoms with Crippen LogP contribution < -0.4 is 10.1 Å². The second kappa shape index (κ2) is 7.63. The van der Waals surface area contributed by atoms with Crippen molar-refractivity contribution < 1.29 is 9.13 Å². The Kier molecular flexibility index (Phi) is 5.84. The van der Waals surface area contributed by atoms with Crippen LogP contribution in [0.25, 0.3) is 0 Å². The van der Waals surface area contributed by atoms with Crippen LogP contribution in [0.3, 0.4) is 0 Å². The van der Waals surface area contributed by atoms with Crippen LogP contribution in [0.4, 0.5) is 4.39 Å². The zero-order valence-corrected chi connectivity index (χ0v) is 12.6. The van der Waals surface area contributed by atoms with Crippen LogP contribution in [0.2, 0.25) is 0 Å². The fraction of sp³-hybridized carbons (Fsp3) is 0.647. The topological polar surface area (TPSA) is 21.3 Å². The molecular formula is C17H26FNO. The SMILES string of the molecule is COc1ccc(CN[C@H](C)C2CCCCCC2)cc1F. The van der Waals surface area contributed by atoms with Crippen LogP contribution in [0.5, 0.6) is 5.75 Å². The normalized spacial score (nSPS) is 18.6. The highest BCUT2D eigenvalue weighted by Gasteiger charge is 2.18. The summed E-state index contributed by atoms with van der Waals surface area (Å²) in [6, 6.07) is 5.68. The van der Waals surface area contributed by atoms with Crippen LogP contribution in [0.1, 0.15) is 51.0 Å². The monoisotopic (exact) mass is 279 g/mol. The number of ether oxygens (including phenoxy) is 1. The minimum atomic E-state index is -0.283. The molecule has 1 saturated carbocycles. The van der Waals surface area contributed by atoms with Crippen molar-refractivity contribution in [3.63, 3.8) is 0 Å². The molecule has 2 nitrogen and oxygen atoms in total. The van der Waals surface area contributed by atoms with Gasteiger partial charge in [-0.15, -0.1) is 0 Å². The van der Waals surface area contributed by atoms with E-state index in [-0.39, 0.29) is 5.82 Å². The van der Waals surface area contributed by atoms with E-state index in [1.165, 1.54) is 45.6 Å². The highest BCUT2D eigenvalue weighted by molar-refractivity contribution is 5.29. The molecule has 0 spiro atoms. The molecule has 1 aliphatic rings. The first kappa shape index (κ1) is 15.3. The van der Waals surface area contributed by atoms with Crippen LogP contribution in [0.15, 0.2) is 18.2 Å². The minimum absolute atomic E-state index is 0.283. The number of halogens is 1. The molecule has 0 bridgehead atoms. The highest BCUT2D eigenvalue weighted by atomic mass is 19.1. The van der Waals surface area contributed by atoms with E-state index < -0.39 is 0 Å². The molecule has 20 heavy (non-hydrogen) atoms. The summed E-state index contributed by atoms with van der Waals surface area (Å²) in [7, 11) is 1.49. The minimum Gasteiger partial charge on any atom is -0.494 e. The van der Waals surface area contributed by atoms with E-state index in [0.29, 0.717) is 11.8 Å². The van der Waals surface area contributed by atoms with E-state index in [4.69, 9.17) is 4.74 Å². The molecular weight excluding hydrogens is 253 g/mol. The fourth-order valence-corrected chi connectivity index (χ4v) is 3.08. The van der Waals surface area contributed by atoms with E-state index in [1.807, 2.05) is 6.07 Å². The van der Waals surface area contributed by atoms with Crippen molar-refractivity contribution in [2.45, 2.75) is 58.0 Å². The van der Waals surface area contributed by atoms with Gasteiger partial charge in [0.1, 0.15) is 0 Å². The van der Waals surface area contributed by atoms with Crippen LogP contribution >= 0.6 is 0 Å². The maximum absolute atomic E-state index is 13.6. The van der Waals surface area contributed by atoms with E-state index in [9.17, 15) is 4.39 Å². The molecule has 0 radical (unpaired) electrons. The number of nitrogens with one attached hydrogen (secondary N) is 1. The van der Waals surface area contributed by atoms with Gasteiger partial charge in [0.15, 0.2) is 11.6 Å². The second-order valence-electron chi connectivity index (χ2n) is 5.89. The van der Waals surface area contributed by atoms with Crippen molar-refractivity contribution in [1.82, 2.24) is 5.32 Å². The molecule has 112 valence electrons. The average molecular weight is 279 g/mol. The quantitative estimate of drug-likeness (QED) is 0.812. The van der Waals surface area contributed by atoms with Crippen molar-refractivity contribution in [3.8, 4) is 5.75 Å². The van der Waals surface area contributed by atoms with Gasteiger partial charge in [-0.05, 0) is 43.4 Å². The van der Waals surface area contributed by atoms with Gasteiger partial charge in [0.25, 0.3) is 0 Å². The third-order valence-corrected chi connectivity index (χ3v) is 4.45. The Hall–Kier alpha value is -1.09. The Balaban J connectivity index is 1.85. The number of hydrogen-bond acceptors (Lipinski definition) is 2. The summed E-state index contributed by atoms with van der Waals surface area (Å²) in [5.74, 6) is 0.792.